The highest BCUT2D eigenvalue weighted by Gasteiger charge is 2.14. The molecule has 3 rings (SSSR count). The first-order valence-electron chi connectivity index (χ1n) is 10.4. The molecule has 1 saturated heterocycles. The third-order valence-electron chi connectivity index (χ3n) is 5.06. The van der Waals surface area contributed by atoms with Crippen LogP contribution in [0.25, 0.3) is 0 Å². The molecule has 29 heavy (non-hydrogen) atoms. The third kappa shape index (κ3) is 6.20. The van der Waals surface area contributed by atoms with Gasteiger partial charge in [0.25, 0.3) is 0 Å². The van der Waals surface area contributed by atoms with Crippen molar-refractivity contribution in [3.8, 4) is 6.01 Å². The molecule has 158 valence electrons. The third-order valence-corrected chi connectivity index (χ3v) is 5.06. The predicted octanol–water partition coefficient (Wildman–Crippen LogP) is 3.64. The molecule has 1 aromatic carbocycles. The summed E-state index contributed by atoms with van der Waals surface area (Å²) in [7, 11) is 0. The van der Waals surface area contributed by atoms with E-state index < -0.39 is 0 Å². The Morgan fingerprint density at radius 1 is 1.17 bits per heavy atom. The monoisotopic (exact) mass is 400 g/mol. The van der Waals surface area contributed by atoms with Crippen molar-refractivity contribution in [3.63, 3.8) is 0 Å². The first-order chi connectivity index (χ1) is 14.2. The summed E-state index contributed by atoms with van der Waals surface area (Å²) in [6.45, 7) is 6.49. The number of hydrogen-bond acceptors (Lipinski definition) is 8. The molecule has 0 radical (unpaired) electrons. The molecule has 1 aliphatic rings. The lowest BCUT2D eigenvalue weighted by Crippen LogP contribution is -2.29. The number of likely N-dealkylation sites (tertiary alicyclic amines) is 1. The second kappa shape index (κ2) is 10.8. The van der Waals surface area contributed by atoms with Gasteiger partial charge in [0.15, 0.2) is 11.6 Å². The van der Waals surface area contributed by atoms with Crippen LogP contribution in [0.15, 0.2) is 24.3 Å². The van der Waals surface area contributed by atoms with Gasteiger partial charge in [0, 0.05) is 13.1 Å². The van der Waals surface area contributed by atoms with Crippen LogP contribution in [-0.4, -0.2) is 39.8 Å². The van der Waals surface area contributed by atoms with Crippen LogP contribution in [0.2, 0.25) is 0 Å². The number of benzene rings is 1. The number of hydrogen-bond donors (Lipinski definition) is 4. The van der Waals surface area contributed by atoms with E-state index in [9.17, 15) is 5.21 Å². The summed E-state index contributed by atoms with van der Waals surface area (Å²) in [6.07, 6.45) is 5.85. The number of nitrogen functional groups attached to an aromatic ring is 1. The van der Waals surface area contributed by atoms with Gasteiger partial charge in [0.1, 0.15) is 5.69 Å². The molecule has 5 N–H and O–H groups in total. The van der Waals surface area contributed by atoms with Crippen molar-refractivity contribution in [2.24, 2.45) is 0 Å². The van der Waals surface area contributed by atoms with Crippen molar-refractivity contribution in [2.45, 2.75) is 52.1 Å². The summed E-state index contributed by atoms with van der Waals surface area (Å²) >= 11 is 0. The maximum absolute atomic E-state index is 9.43. The Balaban J connectivity index is 1.65. The van der Waals surface area contributed by atoms with Crippen LogP contribution in [0.5, 0.6) is 6.01 Å². The number of nitrogens with zero attached hydrogens (tertiary/aromatic N) is 3. The van der Waals surface area contributed by atoms with Gasteiger partial charge >= 0.3 is 6.01 Å². The highest BCUT2D eigenvalue weighted by Crippen LogP contribution is 2.27. The highest BCUT2D eigenvalue weighted by molar-refractivity contribution is 5.74. The number of rotatable bonds is 10. The number of anilines is 3. The van der Waals surface area contributed by atoms with Gasteiger partial charge in [-0.25, -0.2) is 0 Å². The number of nitrogens with one attached hydrogen (secondary N) is 2. The van der Waals surface area contributed by atoms with Crippen molar-refractivity contribution in [2.75, 3.05) is 36.2 Å². The quantitative estimate of drug-likeness (QED) is 0.354. The molecule has 0 spiro atoms. The summed E-state index contributed by atoms with van der Waals surface area (Å²) in [5.74, 6) is 0.545. The van der Waals surface area contributed by atoms with E-state index in [2.05, 4.69) is 56.9 Å². The Hall–Kier alpha value is -2.58. The van der Waals surface area contributed by atoms with Crippen LogP contribution >= 0.6 is 0 Å². The van der Waals surface area contributed by atoms with Crippen LogP contribution in [-0.2, 0) is 13.1 Å². The minimum absolute atomic E-state index is 0.135. The molecule has 0 aliphatic carbocycles. The molecule has 8 nitrogen and oxygen atoms in total. The van der Waals surface area contributed by atoms with Gasteiger partial charge in [-0.05, 0) is 43.5 Å². The molecule has 2 heterocycles. The largest absolute Gasteiger partial charge is 0.463 e. The van der Waals surface area contributed by atoms with Crippen LogP contribution in [0.4, 0.5) is 17.3 Å². The van der Waals surface area contributed by atoms with Gasteiger partial charge in [-0.2, -0.15) is 9.97 Å². The van der Waals surface area contributed by atoms with Gasteiger partial charge in [-0.15, -0.1) is 0 Å². The maximum atomic E-state index is 9.43. The lowest BCUT2D eigenvalue weighted by Gasteiger charge is -2.26. The summed E-state index contributed by atoms with van der Waals surface area (Å²) in [4.78, 5) is 10.9. The van der Waals surface area contributed by atoms with Crippen molar-refractivity contribution in [1.29, 1.82) is 0 Å². The van der Waals surface area contributed by atoms with Crippen molar-refractivity contribution in [1.82, 2.24) is 14.9 Å². The zero-order chi connectivity index (χ0) is 20.5. The molecule has 2 aromatic rings. The lowest BCUT2D eigenvalue weighted by atomic mass is 10.1. The Morgan fingerprint density at radius 3 is 2.72 bits per heavy atom. The van der Waals surface area contributed by atoms with Crippen molar-refractivity contribution < 1.29 is 9.94 Å². The molecule has 1 aliphatic heterocycles. The van der Waals surface area contributed by atoms with E-state index >= 15 is 0 Å². The first kappa shape index (κ1) is 21.1. The highest BCUT2D eigenvalue weighted by atomic mass is 16.5. The lowest BCUT2D eigenvalue weighted by molar-refractivity contribution is 0.221. The molecule has 0 bridgehead atoms. The summed E-state index contributed by atoms with van der Waals surface area (Å²) in [5.41, 5.74) is 10.7. The van der Waals surface area contributed by atoms with Crippen molar-refractivity contribution in [3.05, 3.63) is 35.4 Å². The molecule has 8 heteroatoms. The molecule has 1 fully saturated rings. The van der Waals surface area contributed by atoms with Crippen LogP contribution in [0, 0.1) is 0 Å². The fourth-order valence-electron chi connectivity index (χ4n) is 3.47. The van der Waals surface area contributed by atoms with E-state index in [1.165, 1.54) is 37.9 Å². The maximum Gasteiger partial charge on any atom is 0.320 e. The zero-order valence-corrected chi connectivity index (χ0v) is 17.2. The van der Waals surface area contributed by atoms with Crippen molar-refractivity contribution >= 4 is 17.3 Å². The smallest absolute Gasteiger partial charge is 0.320 e. The van der Waals surface area contributed by atoms with E-state index in [1.807, 2.05) is 0 Å². The minimum Gasteiger partial charge on any atom is -0.463 e. The van der Waals surface area contributed by atoms with E-state index in [4.69, 9.17) is 10.5 Å². The molecule has 0 unspecified atom stereocenters. The van der Waals surface area contributed by atoms with Gasteiger partial charge in [-0.1, -0.05) is 44.0 Å². The number of unbranched alkanes of at least 4 members (excludes halogenated alkanes) is 1. The summed E-state index contributed by atoms with van der Waals surface area (Å²) in [5, 5.41) is 12.7. The second-order valence-corrected chi connectivity index (χ2v) is 7.44. The SMILES string of the molecule is CCCCOc1nc(N)c(NO)c(NCc2cccc(CN3CCCCC3)c2)n1. The molecular weight excluding hydrogens is 368 g/mol. The fourth-order valence-corrected chi connectivity index (χ4v) is 3.47. The minimum atomic E-state index is 0.135. The predicted molar refractivity (Wildman–Crippen MR) is 115 cm³/mol. The number of aromatic nitrogens is 2. The van der Waals surface area contributed by atoms with Gasteiger partial charge in [0.2, 0.25) is 0 Å². The summed E-state index contributed by atoms with van der Waals surface area (Å²) in [6, 6.07) is 8.73. The molecular formula is C21H32N6O2. The second-order valence-electron chi connectivity index (χ2n) is 7.44. The zero-order valence-electron chi connectivity index (χ0n) is 17.2. The first-order valence-corrected chi connectivity index (χ1v) is 10.4. The molecule has 1 aromatic heterocycles. The van der Waals surface area contributed by atoms with Gasteiger partial charge < -0.3 is 15.8 Å². The fraction of sp³-hybridized carbons (Fsp3) is 0.524. The Kier molecular flexibility index (Phi) is 7.89. The number of piperidine rings is 1. The summed E-state index contributed by atoms with van der Waals surface area (Å²) < 4.78 is 5.57. The van der Waals surface area contributed by atoms with E-state index in [-0.39, 0.29) is 17.5 Å². The Morgan fingerprint density at radius 2 is 1.97 bits per heavy atom. The van der Waals surface area contributed by atoms with E-state index in [1.54, 1.807) is 0 Å². The average Bonchev–Trinajstić information content (AvgIpc) is 2.73. The number of ether oxygens (including phenoxy) is 1. The van der Waals surface area contributed by atoms with Gasteiger partial charge in [0.05, 0.1) is 6.61 Å². The molecule has 0 saturated carbocycles. The van der Waals surface area contributed by atoms with E-state index in [0.29, 0.717) is 19.0 Å². The molecule has 0 amide bonds. The number of nitrogens with two attached hydrogens (primary N) is 1. The standard InChI is InChI=1S/C21H32N6O2/c1-2-3-12-29-21-24-19(22)18(26-28)20(25-21)23-14-16-8-7-9-17(13-16)15-27-10-5-4-6-11-27/h7-9,13,26,28H,2-6,10-12,14-15H2,1H3,(H3,22,23,24,25). The van der Waals surface area contributed by atoms with E-state index in [0.717, 1.165) is 24.9 Å². The van der Waals surface area contributed by atoms with Crippen LogP contribution in [0.3, 0.4) is 0 Å². The Bertz CT molecular complexity index is 780. The normalized spacial score (nSPS) is 14.6. The topological polar surface area (TPSA) is 109 Å². The Labute approximate surface area is 172 Å². The average molecular weight is 401 g/mol. The van der Waals surface area contributed by atoms with Crippen LogP contribution < -0.4 is 21.3 Å². The van der Waals surface area contributed by atoms with Gasteiger partial charge in [-0.3, -0.25) is 15.6 Å². The molecule has 0 atom stereocenters. The van der Waals surface area contributed by atoms with Crippen LogP contribution in [0.1, 0.15) is 50.2 Å².